The van der Waals surface area contributed by atoms with Crippen LogP contribution in [0.2, 0.25) is 0 Å². The topological polar surface area (TPSA) is 15.3 Å². The third-order valence-corrected chi connectivity index (χ3v) is 3.29. The van der Waals surface area contributed by atoms with Gasteiger partial charge in [-0.3, -0.25) is 0 Å². The van der Waals surface area contributed by atoms with Gasteiger partial charge in [-0.25, -0.2) is 0 Å². The van der Waals surface area contributed by atoms with Gasteiger partial charge in [0.25, 0.3) is 0 Å². The van der Waals surface area contributed by atoms with E-state index in [1.807, 2.05) is 0 Å². The van der Waals surface area contributed by atoms with Crippen molar-refractivity contribution < 1.29 is 0 Å². The summed E-state index contributed by atoms with van der Waals surface area (Å²) in [6, 6.07) is 1.60. The largest absolute Gasteiger partial charge is 0.316 e. The van der Waals surface area contributed by atoms with Crippen molar-refractivity contribution in [2.75, 3.05) is 20.1 Å². The fourth-order valence-corrected chi connectivity index (χ4v) is 2.41. The molecular formula is C9H18N2. The molecule has 0 radical (unpaired) electrons. The number of hydrogen-bond donors (Lipinski definition) is 1. The van der Waals surface area contributed by atoms with Gasteiger partial charge in [0.1, 0.15) is 0 Å². The van der Waals surface area contributed by atoms with Gasteiger partial charge in [-0.05, 0) is 32.7 Å². The normalized spacial score (nSPS) is 43.1. The Kier molecular flexibility index (Phi) is 1.69. The van der Waals surface area contributed by atoms with E-state index >= 15 is 0 Å². The summed E-state index contributed by atoms with van der Waals surface area (Å²) < 4.78 is 0. The van der Waals surface area contributed by atoms with Crippen LogP contribution in [0.4, 0.5) is 0 Å². The standard InChI is InChI=1S/C9H18N2/c1-6(2)11-4-7-8(5-11)9(7)10-3/h6-10H,4-5H2,1-3H3/t7-,8+,9+. The summed E-state index contributed by atoms with van der Waals surface area (Å²) in [7, 11) is 2.09. The molecule has 1 saturated carbocycles. The van der Waals surface area contributed by atoms with E-state index in [1.165, 1.54) is 13.1 Å². The van der Waals surface area contributed by atoms with Crippen molar-refractivity contribution in [3.63, 3.8) is 0 Å². The summed E-state index contributed by atoms with van der Waals surface area (Å²) in [4.78, 5) is 2.59. The predicted molar refractivity (Wildman–Crippen MR) is 46.5 cm³/mol. The van der Waals surface area contributed by atoms with Crippen molar-refractivity contribution in [1.29, 1.82) is 0 Å². The van der Waals surface area contributed by atoms with E-state index in [1.54, 1.807) is 0 Å². The van der Waals surface area contributed by atoms with Crippen molar-refractivity contribution in [3.8, 4) is 0 Å². The molecule has 1 aliphatic heterocycles. The molecule has 1 saturated heterocycles. The number of fused-ring (bicyclic) bond motifs is 1. The van der Waals surface area contributed by atoms with E-state index in [-0.39, 0.29) is 0 Å². The number of piperidine rings is 1. The highest BCUT2D eigenvalue weighted by Crippen LogP contribution is 2.45. The van der Waals surface area contributed by atoms with Crippen molar-refractivity contribution in [2.45, 2.75) is 25.9 Å². The minimum absolute atomic E-state index is 0.750. The fraction of sp³-hybridized carbons (Fsp3) is 1.00. The van der Waals surface area contributed by atoms with E-state index in [0.717, 1.165) is 23.9 Å². The lowest BCUT2D eigenvalue weighted by atomic mass is 10.3. The van der Waals surface area contributed by atoms with Crippen LogP contribution in [0.1, 0.15) is 13.8 Å². The Balaban J connectivity index is 1.85. The van der Waals surface area contributed by atoms with Crippen LogP contribution < -0.4 is 5.32 Å². The number of hydrogen-bond acceptors (Lipinski definition) is 2. The Morgan fingerprint density at radius 3 is 2.18 bits per heavy atom. The fourth-order valence-electron chi connectivity index (χ4n) is 2.41. The van der Waals surface area contributed by atoms with Gasteiger partial charge >= 0.3 is 0 Å². The Labute approximate surface area is 69.0 Å². The Bertz CT molecular complexity index is 144. The lowest BCUT2D eigenvalue weighted by molar-refractivity contribution is 0.239. The highest BCUT2D eigenvalue weighted by atomic mass is 15.2. The van der Waals surface area contributed by atoms with Gasteiger partial charge in [0, 0.05) is 25.2 Å². The van der Waals surface area contributed by atoms with Crippen LogP contribution in [-0.2, 0) is 0 Å². The number of nitrogens with zero attached hydrogens (tertiary/aromatic N) is 1. The highest BCUT2D eigenvalue weighted by Gasteiger charge is 2.54. The van der Waals surface area contributed by atoms with Gasteiger partial charge in [0.05, 0.1) is 0 Å². The molecule has 2 heteroatoms. The number of likely N-dealkylation sites (tertiary alicyclic amines) is 1. The molecule has 11 heavy (non-hydrogen) atoms. The smallest absolute Gasteiger partial charge is 0.0152 e. The van der Waals surface area contributed by atoms with Crippen LogP contribution in [0, 0.1) is 11.8 Å². The maximum Gasteiger partial charge on any atom is 0.0152 e. The van der Waals surface area contributed by atoms with Crippen molar-refractivity contribution >= 4 is 0 Å². The first-order valence-corrected chi connectivity index (χ1v) is 4.65. The summed E-state index contributed by atoms with van der Waals surface area (Å²) in [5.41, 5.74) is 0. The molecule has 2 aliphatic rings. The molecule has 1 N–H and O–H groups in total. The average molecular weight is 154 g/mol. The molecule has 0 bridgehead atoms. The third-order valence-electron chi connectivity index (χ3n) is 3.29. The van der Waals surface area contributed by atoms with E-state index in [0.29, 0.717) is 0 Å². The molecule has 0 aromatic carbocycles. The molecule has 0 spiro atoms. The molecular weight excluding hydrogens is 136 g/mol. The van der Waals surface area contributed by atoms with Crippen LogP contribution in [0.15, 0.2) is 0 Å². The van der Waals surface area contributed by atoms with E-state index in [4.69, 9.17) is 0 Å². The Morgan fingerprint density at radius 2 is 1.82 bits per heavy atom. The van der Waals surface area contributed by atoms with E-state index < -0.39 is 0 Å². The highest BCUT2D eigenvalue weighted by molar-refractivity contribution is 5.09. The molecule has 1 aliphatic carbocycles. The second-order valence-electron chi connectivity index (χ2n) is 4.19. The summed E-state index contributed by atoms with van der Waals surface area (Å²) in [6.07, 6.45) is 0. The van der Waals surface area contributed by atoms with Gasteiger partial charge in [-0.15, -0.1) is 0 Å². The van der Waals surface area contributed by atoms with Gasteiger partial charge in [-0.2, -0.15) is 0 Å². The summed E-state index contributed by atoms with van der Waals surface area (Å²) in [6.45, 7) is 7.24. The molecule has 2 nitrogen and oxygen atoms in total. The molecule has 64 valence electrons. The molecule has 2 fully saturated rings. The zero-order chi connectivity index (χ0) is 8.01. The molecule has 2 rings (SSSR count). The van der Waals surface area contributed by atoms with Crippen LogP contribution in [0.3, 0.4) is 0 Å². The minimum Gasteiger partial charge on any atom is -0.316 e. The quantitative estimate of drug-likeness (QED) is 0.624. The number of rotatable bonds is 2. The van der Waals surface area contributed by atoms with Gasteiger partial charge < -0.3 is 10.2 Å². The van der Waals surface area contributed by atoms with Gasteiger partial charge in [0.15, 0.2) is 0 Å². The molecule has 3 atom stereocenters. The Morgan fingerprint density at radius 1 is 1.27 bits per heavy atom. The summed E-state index contributed by atoms with van der Waals surface area (Å²) in [5.74, 6) is 1.95. The minimum atomic E-state index is 0.750. The summed E-state index contributed by atoms with van der Waals surface area (Å²) >= 11 is 0. The third kappa shape index (κ3) is 1.09. The predicted octanol–water partition coefficient (Wildman–Crippen LogP) is 0.544. The maximum atomic E-state index is 3.37. The molecule has 0 unspecified atom stereocenters. The molecule has 1 heterocycles. The molecule has 0 aromatic heterocycles. The molecule has 0 amide bonds. The Hall–Kier alpha value is -0.0800. The van der Waals surface area contributed by atoms with Crippen LogP contribution in [-0.4, -0.2) is 37.1 Å². The van der Waals surface area contributed by atoms with Crippen LogP contribution in [0.5, 0.6) is 0 Å². The SMILES string of the molecule is CN[C@H]1[C@@H]2CN(C(C)C)C[C@@H]21. The second-order valence-corrected chi connectivity index (χ2v) is 4.19. The first-order chi connectivity index (χ1) is 5.24. The summed E-state index contributed by atoms with van der Waals surface area (Å²) in [5, 5.41) is 3.37. The molecule has 0 aromatic rings. The zero-order valence-corrected chi connectivity index (χ0v) is 7.67. The number of nitrogens with one attached hydrogen (secondary N) is 1. The van der Waals surface area contributed by atoms with Crippen molar-refractivity contribution in [3.05, 3.63) is 0 Å². The van der Waals surface area contributed by atoms with Crippen molar-refractivity contribution in [2.24, 2.45) is 11.8 Å². The maximum absolute atomic E-state index is 3.37. The van der Waals surface area contributed by atoms with Crippen LogP contribution >= 0.6 is 0 Å². The monoisotopic (exact) mass is 154 g/mol. The zero-order valence-electron chi connectivity index (χ0n) is 7.67. The van der Waals surface area contributed by atoms with Crippen molar-refractivity contribution in [1.82, 2.24) is 10.2 Å². The van der Waals surface area contributed by atoms with Crippen LogP contribution in [0.25, 0.3) is 0 Å². The first kappa shape index (κ1) is 7.56. The first-order valence-electron chi connectivity index (χ1n) is 4.65. The average Bonchev–Trinajstić information content (AvgIpc) is 2.41. The van der Waals surface area contributed by atoms with E-state index in [2.05, 4.69) is 31.1 Å². The van der Waals surface area contributed by atoms with Gasteiger partial charge in [-0.1, -0.05) is 0 Å². The lowest BCUT2D eigenvalue weighted by Crippen LogP contribution is -2.34. The second kappa shape index (κ2) is 2.46. The van der Waals surface area contributed by atoms with E-state index in [9.17, 15) is 0 Å². The van der Waals surface area contributed by atoms with Gasteiger partial charge in [0.2, 0.25) is 0 Å². The lowest BCUT2D eigenvalue weighted by Gasteiger charge is -2.23.